The van der Waals surface area contributed by atoms with Gasteiger partial charge >= 0.3 is 0 Å². The summed E-state index contributed by atoms with van der Waals surface area (Å²) in [6, 6.07) is 4.74. The van der Waals surface area contributed by atoms with Gasteiger partial charge in [0.2, 0.25) is 5.95 Å². The lowest BCUT2D eigenvalue weighted by atomic mass is 9.96. The third-order valence-electron chi connectivity index (χ3n) is 5.63. The number of allylic oxidation sites excluding steroid dienone is 3. The quantitative estimate of drug-likeness (QED) is 0.295. The third-order valence-corrected chi connectivity index (χ3v) is 5.63. The first kappa shape index (κ1) is 25.5. The molecule has 0 radical (unpaired) electrons. The molecule has 3 rings (SSSR count). The van der Waals surface area contributed by atoms with Gasteiger partial charge in [-0.05, 0) is 68.2 Å². The molecular weight excluding hydrogens is 445 g/mol. The number of fused-ring (bicyclic) bond motifs is 1. The van der Waals surface area contributed by atoms with Crippen molar-refractivity contribution in [1.29, 1.82) is 10.8 Å². The van der Waals surface area contributed by atoms with Crippen LogP contribution < -0.4 is 10.2 Å². The Morgan fingerprint density at radius 1 is 1.31 bits per heavy atom. The molecule has 35 heavy (non-hydrogen) atoms. The summed E-state index contributed by atoms with van der Waals surface area (Å²) in [4.78, 5) is 24.8. The molecule has 0 saturated carbocycles. The fraction of sp³-hybridized carbons (Fsp3) is 0.269. The van der Waals surface area contributed by atoms with Crippen LogP contribution in [0.4, 0.5) is 10.3 Å². The number of halogens is 1. The van der Waals surface area contributed by atoms with E-state index in [0.717, 1.165) is 17.5 Å². The first-order valence-electron chi connectivity index (χ1n) is 11.3. The molecule has 1 aliphatic rings. The largest absolute Gasteiger partial charge is 0.336 e. The van der Waals surface area contributed by atoms with Crippen molar-refractivity contribution in [2.75, 3.05) is 11.4 Å². The number of nitrogens with zero attached hydrogens (tertiary/aromatic N) is 4. The van der Waals surface area contributed by atoms with Crippen LogP contribution in [-0.4, -0.2) is 45.5 Å². The van der Waals surface area contributed by atoms with Crippen LogP contribution in [0.2, 0.25) is 0 Å². The van der Waals surface area contributed by atoms with E-state index in [1.54, 1.807) is 49.7 Å². The van der Waals surface area contributed by atoms with Crippen molar-refractivity contribution in [1.82, 2.24) is 20.2 Å². The summed E-state index contributed by atoms with van der Waals surface area (Å²) in [5.74, 6) is -0.357. The van der Waals surface area contributed by atoms with E-state index < -0.39 is 11.7 Å². The van der Waals surface area contributed by atoms with Gasteiger partial charge in [0.05, 0.1) is 11.9 Å². The Kier molecular flexibility index (Phi) is 8.25. The fourth-order valence-corrected chi connectivity index (χ4v) is 3.70. The Morgan fingerprint density at radius 2 is 2.03 bits per heavy atom. The van der Waals surface area contributed by atoms with Gasteiger partial charge in [0.1, 0.15) is 11.7 Å². The zero-order valence-electron chi connectivity index (χ0n) is 20.2. The van der Waals surface area contributed by atoms with E-state index in [4.69, 9.17) is 10.8 Å². The molecule has 0 saturated heterocycles. The van der Waals surface area contributed by atoms with E-state index >= 15 is 0 Å². The van der Waals surface area contributed by atoms with Crippen LogP contribution in [0.15, 0.2) is 66.7 Å². The van der Waals surface area contributed by atoms with Gasteiger partial charge in [-0.1, -0.05) is 18.7 Å². The monoisotopic (exact) mass is 477 g/mol. The van der Waals surface area contributed by atoms with Gasteiger partial charge in [0.15, 0.2) is 0 Å². The first-order valence-corrected chi connectivity index (χ1v) is 11.3. The van der Waals surface area contributed by atoms with Gasteiger partial charge in [0.25, 0.3) is 5.91 Å². The lowest BCUT2D eigenvalue weighted by Crippen LogP contribution is -2.35. The normalized spacial score (nSPS) is 13.5. The molecule has 184 valence electrons. The molecule has 8 nitrogen and oxygen atoms in total. The van der Waals surface area contributed by atoms with Gasteiger partial charge in [-0.3, -0.25) is 15.6 Å². The molecule has 1 aromatic carbocycles. The van der Waals surface area contributed by atoms with Crippen molar-refractivity contribution >= 4 is 24.0 Å². The molecule has 0 atom stereocenters. The van der Waals surface area contributed by atoms with E-state index in [9.17, 15) is 9.18 Å². The molecule has 1 aromatic heterocycles. The van der Waals surface area contributed by atoms with Crippen molar-refractivity contribution in [2.24, 2.45) is 0 Å². The number of anilines is 1. The highest BCUT2D eigenvalue weighted by molar-refractivity contribution is 6.01. The van der Waals surface area contributed by atoms with Crippen molar-refractivity contribution in [3.8, 4) is 0 Å². The minimum atomic E-state index is -0.587. The highest BCUT2D eigenvalue weighted by atomic mass is 19.1. The van der Waals surface area contributed by atoms with Gasteiger partial charge in [-0.2, -0.15) is 0 Å². The zero-order valence-corrected chi connectivity index (χ0v) is 20.2. The van der Waals surface area contributed by atoms with E-state index in [0.29, 0.717) is 31.0 Å². The van der Waals surface area contributed by atoms with Gasteiger partial charge in [-0.15, -0.1) is 0 Å². The summed E-state index contributed by atoms with van der Waals surface area (Å²) in [6.45, 7) is 10.5. The Bertz CT molecular complexity index is 1190. The van der Waals surface area contributed by atoms with E-state index in [1.807, 2.05) is 18.7 Å². The maximum Gasteiger partial charge on any atom is 0.258 e. The molecule has 1 aliphatic heterocycles. The number of hydrogen-bond acceptors (Lipinski definition) is 6. The number of aromatic nitrogens is 2. The molecule has 0 fully saturated rings. The third kappa shape index (κ3) is 6.26. The van der Waals surface area contributed by atoms with Crippen LogP contribution in [0.1, 0.15) is 43.7 Å². The van der Waals surface area contributed by atoms with Gasteiger partial charge in [-0.25, -0.2) is 14.4 Å². The number of benzene rings is 1. The van der Waals surface area contributed by atoms with Crippen LogP contribution in [0.5, 0.6) is 0 Å². The molecule has 1 amide bonds. The second-order valence-electron chi connectivity index (χ2n) is 8.49. The lowest BCUT2D eigenvalue weighted by Gasteiger charge is -2.29. The standard InChI is InChI=1S/C26H30FN7O.H2/c1-17(2)34(16-28)24(29)18(3)7-5-8-19(4)32-25(35)22-13-21-15-33(26-30-10-6-11-31-26)12-9-20(21)14-23(22)27;/h5-8,10-11,13-14,16-17,28-29H,4,9,12,15H2,1-3H3,(H,32,35);1H/b8-5-,18-7+,28-16?,29-24?;. The number of amides is 1. The molecular formula is C26H32FN7O. The SMILES string of the molecule is C=C(/C=C\C=C(/C)C(=N)N(C=N)C(C)C)NC(=O)c1cc2c(cc1F)CCN(c1ncccn1)C2.[HH]. The maximum absolute atomic E-state index is 14.7. The molecule has 2 heterocycles. The average molecular weight is 478 g/mol. The van der Waals surface area contributed by atoms with Crippen molar-refractivity contribution in [3.63, 3.8) is 0 Å². The number of rotatable bonds is 8. The Morgan fingerprint density at radius 3 is 2.69 bits per heavy atom. The summed E-state index contributed by atoms with van der Waals surface area (Å²) in [5.41, 5.74) is 2.60. The Balaban J connectivity index is 0.00000456. The zero-order chi connectivity index (χ0) is 25.5. The minimum absolute atomic E-state index is 0. The van der Waals surface area contributed by atoms with Crippen molar-refractivity contribution < 1.29 is 10.6 Å². The van der Waals surface area contributed by atoms with Crippen LogP contribution in [-0.2, 0) is 13.0 Å². The number of carbonyl (C=O) groups excluding carboxylic acids is 1. The summed E-state index contributed by atoms with van der Waals surface area (Å²) >= 11 is 0. The second kappa shape index (κ2) is 11.3. The summed E-state index contributed by atoms with van der Waals surface area (Å²) < 4.78 is 14.7. The molecule has 2 aromatic rings. The highest BCUT2D eigenvalue weighted by Crippen LogP contribution is 2.25. The van der Waals surface area contributed by atoms with E-state index in [-0.39, 0.29) is 24.6 Å². The maximum atomic E-state index is 14.7. The van der Waals surface area contributed by atoms with E-state index in [1.165, 1.54) is 11.0 Å². The highest BCUT2D eigenvalue weighted by Gasteiger charge is 2.22. The molecule has 9 heteroatoms. The fourth-order valence-electron chi connectivity index (χ4n) is 3.70. The number of hydrogen-bond donors (Lipinski definition) is 3. The Labute approximate surface area is 206 Å². The second-order valence-corrected chi connectivity index (χ2v) is 8.49. The molecule has 3 N–H and O–H groups in total. The predicted molar refractivity (Wildman–Crippen MR) is 138 cm³/mol. The number of carbonyl (C=O) groups is 1. The van der Waals surface area contributed by atoms with E-state index in [2.05, 4.69) is 21.9 Å². The number of amidine groups is 1. The first-order chi connectivity index (χ1) is 16.7. The van der Waals surface area contributed by atoms with Crippen molar-refractivity contribution in [3.05, 3.63) is 89.2 Å². The van der Waals surface area contributed by atoms with Crippen LogP contribution in [0.25, 0.3) is 0 Å². The summed E-state index contributed by atoms with van der Waals surface area (Å²) in [7, 11) is 0. The minimum Gasteiger partial charge on any atom is -0.336 e. The number of nitrogens with one attached hydrogen (secondary N) is 3. The summed E-state index contributed by atoms with van der Waals surface area (Å²) in [5, 5.41) is 18.3. The van der Waals surface area contributed by atoms with Gasteiger partial charge < -0.3 is 15.1 Å². The molecule has 0 aliphatic carbocycles. The van der Waals surface area contributed by atoms with Crippen LogP contribution in [0, 0.1) is 16.6 Å². The topological polar surface area (TPSA) is 109 Å². The Hall–Kier alpha value is -4.14. The lowest BCUT2D eigenvalue weighted by molar-refractivity contribution is 0.0963. The molecule has 0 unspecified atom stereocenters. The van der Waals surface area contributed by atoms with Crippen molar-refractivity contribution in [2.45, 2.75) is 39.8 Å². The van der Waals surface area contributed by atoms with Gasteiger partial charge in [0, 0.05) is 38.6 Å². The summed E-state index contributed by atoms with van der Waals surface area (Å²) in [6.07, 6.45) is 10.0. The predicted octanol–water partition coefficient (Wildman–Crippen LogP) is 4.47. The molecule has 0 spiro atoms. The average Bonchev–Trinajstić information content (AvgIpc) is 2.83. The van der Waals surface area contributed by atoms with Crippen LogP contribution in [0.3, 0.4) is 0 Å². The van der Waals surface area contributed by atoms with Crippen LogP contribution >= 0.6 is 0 Å². The molecule has 0 bridgehead atoms. The smallest absolute Gasteiger partial charge is 0.258 e.